The summed E-state index contributed by atoms with van der Waals surface area (Å²) in [5.41, 5.74) is 0. The molecule has 0 aliphatic rings. The maximum atomic E-state index is 10.3. The van der Waals surface area contributed by atoms with E-state index < -0.39 is 5.97 Å². The van der Waals surface area contributed by atoms with Crippen LogP contribution >= 0.6 is 0 Å². The molecule has 0 aromatic heterocycles. The summed E-state index contributed by atoms with van der Waals surface area (Å²) < 4.78 is 0. The molecule has 0 aliphatic heterocycles. The summed E-state index contributed by atoms with van der Waals surface area (Å²) in [5.74, 6) is -0.700. The van der Waals surface area contributed by atoms with Crippen LogP contribution in [0.4, 0.5) is 0 Å². The highest BCUT2D eigenvalue weighted by molar-refractivity contribution is 5.66. The maximum Gasteiger partial charge on any atom is 0.303 e. The van der Waals surface area contributed by atoms with Crippen molar-refractivity contribution in [2.75, 3.05) is 0 Å². The molecule has 0 saturated heterocycles. The summed E-state index contributed by atoms with van der Waals surface area (Å²) in [5, 5.41) is 8.50. The van der Waals surface area contributed by atoms with Gasteiger partial charge in [0.1, 0.15) is 0 Å². The van der Waals surface area contributed by atoms with Crippen molar-refractivity contribution in [3.05, 3.63) is 24.3 Å². The molecule has 0 saturated carbocycles. The van der Waals surface area contributed by atoms with E-state index in [1.165, 1.54) is 64.2 Å². The topological polar surface area (TPSA) is 37.3 Å². The van der Waals surface area contributed by atoms with Crippen molar-refractivity contribution in [3.63, 3.8) is 0 Å². The first-order chi connectivity index (χ1) is 10.8. The van der Waals surface area contributed by atoms with Crippen LogP contribution in [-0.4, -0.2) is 11.1 Å². The number of hydrogen-bond acceptors (Lipinski definition) is 1. The van der Waals surface area contributed by atoms with Crippen molar-refractivity contribution in [1.29, 1.82) is 0 Å². The predicted molar refractivity (Wildman–Crippen MR) is 96.2 cm³/mol. The molecule has 22 heavy (non-hydrogen) atoms. The lowest BCUT2D eigenvalue weighted by atomic mass is 10.1. The highest BCUT2D eigenvalue weighted by Gasteiger charge is 1.93. The third-order valence-electron chi connectivity index (χ3n) is 3.84. The second-order valence-electron chi connectivity index (χ2n) is 6.08. The molecule has 0 heterocycles. The maximum absolute atomic E-state index is 10.3. The second-order valence-corrected chi connectivity index (χ2v) is 6.08. The van der Waals surface area contributed by atoms with Crippen molar-refractivity contribution in [3.8, 4) is 0 Å². The Morgan fingerprint density at radius 1 is 0.727 bits per heavy atom. The lowest BCUT2D eigenvalue weighted by Gasteiger charge is -2.00. The summed E-state index contributed by atoms with van der Waals surface area (Å²) in [6, 6.07) is 0. The van der Waals surface area contributed by atoms with E-state index >= 15 is 0 Å². The number of hydrogen-bond donors (Lipinski definition) is 1. The Kier molecular flexibility index (Phi) is 17.1. The molecule has 0 spiro atoms. The smallest absolute Gasteiger partial charge is 0.303 e. The van der Waals surface area contributed by atoms with Gasteiger partial charge in [0.2, 0.25) is 0 Å². The van der Waals surface area contributed by atoms with Gasteiger partial charge in [-0.05, 0) is 32.1 Å². The van der Waals surface area contributed by atoms with Gasteiger partial charge in [0.25, 0.3) is 0 Å². The Bertz CT molecular complexity index is 292. The van der Waals surface area contributed by atoms with E-state index in [0.29, 0.717) is 0 Å². The Hall–Kier alpha value is -1.05. The summed E-state index contributed by atoms with van der Waals surface area (Å²) in [6.07, 6.45) is 25.3. The van der Waals surface area contributed by atoms with Gasteiger partial charge in [0, 0.05) is 6.42 Å². The summed E-state index contributed by atoms with van der Waals surface area (Å²) >= 11 is 0. The van der Waals surface area contributed by atoms with Gasteiger partial charge in [-0.15, -0.1) is 0 Å². The molecule has 0 rings (SSSR count). The number of rotatable bonds is 16. The third-order valence-corrected chi connectivity index (χ3v) is 3.84. The molecule has 0 aromatic carbocycles. The fourth-order valence-electron chi connectivity index (χ4n) is 2.45. The molecule has 0 radical (unpaired) electrons. The number of allylic oxidation sites excluding steroid dienone is 4. The Labute approximate surface area is 137 Å². The van der Waals surface area contributed by atoms with Gasteiger partial charge in [-0.2, -0.15) is 0 Å². The Balaban J connectivity index is 3.17. The van der Waals surface area contributed by atoms with Crippen molar-refractivity contribution in [2.24, 2.45) is 0 Å². The first-order valence-corrected chi connectivity index (χ1v) is 9.29. The minimum absolute atomic E-state index is 0.277. The quantitative estimate of drug-likeness (QED) is 0.255. The van der Waals surface area contributed by atoms with Crippen LogP contribution in [0.25, 0.3) is 0 Å². The highest BCUT2D eigenvalue weighted by atomic mass is 16.4. The average Bonchev–Trinajstić information content (AvgIpc) is 2.50. The van der Waals surface area contributed by atoms with E-state index in [0.717, 1.165) is 19.3 Å². The van der Waals surface area contributed by atoms with Crippen LogP contribution < -0.4 is 0 Å². The van der Waals surface area contributed by atoms with Crippen LogP contribution in [0, 0.1) is 0 Å². The molecule has 0 fully saturated rings. The Morgan fingerprint density at radius 3 is 1.77 bits per heavy atom. The Morgan fingerprint density at radius 2 is 1.23 bits per heavy atom. The molecule has 1 N–H and O–H groups in total. The second kappa shape index (κ2) is 18.0. The summed E-state index contributed by atoms with van der Waals surface area (Å²) in [6.45, 7) is 2.27. The van der Waals surface area contributed by atoms with Gasteiger partial charge in [0.05, 0.1) is 0 Å². The highest BCUT2D eigenvalue weighted by Crippen LogP contribution is 2.10. The molecule has 0 atom stereocenters. The van der Waals surface area contributed by atoms with Crippen LogP contribution in [0.5, 0.6) is 0 Å². The number of unbranched alkanes of at least 4 members (excludes halogenated alkanes) is 10. The van der Waals surface area contributed by atoms with Crippen LogP contribution in [0.15, 0.2) is 24.3 Å². The lowest BCUT2D eigenvalue weighted by molar-refractivity contribution is -0.137. The summed E-state index contributed by atoms with van der Waals surface area (Å²) in [4.78, 5) is 10.3. The molecular formula is C20H36O2. The fraction of sp³-hybridized carbons (Fsp3) is 0.750. The average molecular weight is 309 g/mol. The number of carboxylic acid groups (broad SMARTS) is 1. The minimum atomic E-state index is -0.700. The van der Waals surface area contributed by atoms with E-state index in [4.69, 9.17) is 5.11 Å². The molecule has 0 aliphatic carbocycles. The zero-order valence-electron chi connectivity index (χ0n) is 14.6. The van der Waals surface area contributed by atoms with Crippen LogP contribution in [0.1, 0.15) is 96.8 Å². The van der Waals surface area contributed by atoms with Gasteiger partial charge in [-0.1, -0.05) is 82.6 Å². The van der Waals surface area contributed by atoms with Crippen LogP contribution in [0.3, 0.4) is 0 Å². The fourth-order valence-corrected chi connectivity index (χ4v) is 2.45. The number of carbonyl (C=O) groups is 1. The van der Waals surface area contributed by atoms with E-state index in [9.17, 15) is 4.79 Å². The van der Waals surface area contributed by atoms with Gasteiger partial charge < -0.3 is 5.11 Å². The van der Waals surface area contributed by atoms with Crippen molar-refractivity contribution >= 4 is 5.97 Å². The largest absolute Gasteiger partial charge is 0.481 e. The van der Waals surface area contributed by atoms with Crippen molar-refractivity contribution < 1.29 is 9.90 Å². The predicted octanol–water partition coefficient (Wildman–Crippen LogP) is 6.66. The number of carboxylic acids is 1. The molecule has 0 unspecified atom stereocenters. The van der Waals surface area contributed by atoms with Crippen molar-refractivity contribution in [2.45, 2.75) is 96.8 Å². The standard InChI is InChI=1S/C20H36O2/c1-2-3-4-5-6-7-8-9-10-11-12-13-14-15-16-17-18-19-20(21)22/h12-13,15-16H,2-11,14,17-19H2,1H3,(H,21,22)/b13-12-,16-15-. The van der Waals surface area contributed by atoms with Gasteiger partial charge >= 0.3 is 5.97 Å². The minimum Gasteiger partial charge on any atom is -0.481 e. The molecule has 0 bridgehead atoms. The van der Waals surface area contributed by atoms with E-state index in [-0.39, 0.29) is 6.42 Å². The zero-order valence-corrected chi connectivity index (χ0v) is 14.6. The van der Waals surface area contributed by atoms with Crippen LogP contribution in [0.2, 0.25) is 0 Å². The van der Waals surface area contributed by atoms with E-state index in [1.54, 1.807) is 0 Å². The van der Waals surface area contributed by atoms with Gasteiger partial charge in [0.15, 0.2) is 0 Å². The van der Waals surface area contributed by atoms with Crippen molar-refractivity contribution in [1.82, 2.24) is 0 Å². The molecule has 0 amide bonds. The van der Waals surface area contributed by atoms with Gasteiger partial charge in [-0.3, -0.25) is 4.79 Å². The zero-order chi connectivity index (χ0) is 16.3. The van der Waals surface area contributed by atoms with Gasteiger partial charge in [-0.25, -0.2) is 0 Å². The normalized spacial score (nSPS) is 11.7. The summed E-state index contributed by atoms with van der Waals surface area (Å²) in [7, 11) is 0. The van der Waals surface area contributed by atoms with E-state index in [2.05, 4.69) is 31.2 Å². The molecule has 0 aromatic rings. The molecule has 2 heteroatoms. The monoisotopic (exact) mass is 308 g/mol. The third kappa shape index (κ3) is 18.9. The van der Waals surface area contributed by atoms with E-state index in [1.807, 2.05) is 0 Å². The first-order valence-electron chi connectivity index (χ1n) is 9.29. The van der Waals surface area contributed by atoms with Crippen LogP contribution in [-0.2, 0) is 4.79 Å². The first kappa shape index (κ1) is 20.9. The molecular weight excluding hydrogens is 272 g/mol. The molecule has 128 valence electrons. The lowest BCUT2D eigenvalue weighted by Crippen LogP contribution is -1.92. The number of aliphatic carboxylic acids is 1. The SMILES string of the molecule is CCCCCCCCCCC/C=C\C/C=C\CCCC(=O)O. The molecule has 2 nitrogen and oxygen atoms in total.